The second kappa shape index (κ2) is 6.21. The molecule has 1 unspecified atom stereocenters. The van der Waals surface area contributed by atoms with Gasteiger partial charge in [-0.25, -0.2) is 0 Å². The molecule has 0 aromatic rings. The number of ether oxygens (including phenoxy) is 1. The van der Waals surface area contributed by atoms with Crippen LogP contribution in [-0.2, 0) is 9.53 Å². The summed E-state index contributed by atoms with van der Waals surface area (Å²) < 4.78 is 5.38. The molecule has 1 atom stereocenters. The Hall–Kier alpha value is -0.610. The molecule has 16 heavy (non-hydrogen) atoms. The molecule has 0 aromatic carbocycles. The maximum Gasteiger partial charge on any atom is 0.223 e. The summed E-state index contributed by atoms with van der Waals surface area (Å²) in [7, 11) is 0. The van der Waals surface area contributed by atoms with E-state index in [1.165, 1.54) is 19.3 Å². The second-order valence-electron chi connectivity index (χ2n) is 4.71. The van der Waals surface area contributed by atoms with Gasteiger partial charge in [0.25, 0.3) is 0 Å². The monoisotopic (exact) mass is 226 g/mol. The second-order valence-corrected chi connectivity index (χ2v) is 4.71. The highest BCUT2D eigenvalue weighted by Crippen LogP contribution is 2.09. The van der Waals surface area contributed by atoms with E-state index in [4.69, 9.17) is 4.74 Å². The van der Waals surface area contributed by atoms with Crippen molar-refractivity contribution in [2.45, 2.75) is 38.1 Å². The summed E-state index contributed by atoms with van der Waals surface area (Å²) in [5.41, 5.74) is 0. The normalized spacial score (nSPS) is 26.0. The van der Waals surface area contributed by atoms with Crippen molar-refractivity contribution >= 4 is 5.91 Å². The van der Waals surface area contributed by atoms with E-state index < -0.39 is 0 Å². The highest BCUT2D eigenvalue weighted by atomic mass is 16.5. The number of carbonyl (C=O) groups excluding carboxylic acids is 1. The summed E-state index contributed by atoms with van der Waals surface area (Å²) in [6.07, 6.45) is 5.30. The summed E-state index contributed by atoms with van der Waals surface area (Å²) in [5, 5.41) is 3.40. The highest BCUT2D eigenvalue weighted by Gasteiger charge is 2.18. The molecule has 2 rings (SSSR count). The molecule has 4 heteroatoms. The number of nitrogens with one attached hydrogen (secondary N) is 1. The van der Waals surface area contributed by atoms with Crippen molar-refractivity contribution in [1.82, 2.24) is 10.2 Å². The average Bonchev–Trinajstić information content (AvgIpc) is 2.84. The molecule has 92 valence electrons. The Kier molecular flexibility index (Phi) is 4.60. The first-order chi connectivity index (χ1) is 7.86. The van der Waals surface area contributed by atoms with Crippen LogP contribution < -0.4 is 5.32 Å². The molecule has 2 aliphatic rings. The minimum Gasteiger partial charge on any atom is -0.380 e. The van der Waals surface area contributed by atoms with Gasteiger partial charge in [-0.1, -0.05) is 0 Å². The summed E-state index contributed by atoms with van der Waals surface area (Å²) in [4.78, 5) is 13.7. The Bertz CT molecular complexity index is 221. The lowest BCUT2D eigenvalue weighted by Crippen LogP contribution is -2.39. The van der Waals surface area contributed by atoms with Crippen molar-refractivity contribution in [1.29, 1.82) is 0 Å². The van der Waals surface area contributed by atoms with Crippen LogP contribution >= 0.6 is 0 Å². The van der Waals surface area contributed by atoms with Gasteiger partial charge in [-0.2, -0.15) is 0 Å². The molecule has 0 aliphatic carbocycles. The van der Waals surface area contributed by atoms with E-state index in [9.17, 15) is 4.79 Å². The van der Waals surface area contributed by atoms with Crippen molar-refractivity contribution in [2.24, 2.45) is 0 Å². The van der Waals surface area contributed by atoms with Gasteiger partial charge in [-0.15, -0.1) is 0 Å². The minimum atomic E-state index is 0.307. The lowest BCUT2D eigenvalue weighted by Gasteiger charge is -2.23. The summed E-state index contributed by atoms with van der Waals surface area (Å²) in [5.74, 6) is 0.307. The molecule has 2 fully saturated rings. The van der Waals surface area contributed by atoms with Crippen LogP contribution in [0.15, 0.2) is 0 Å². The van der Waals surface area contributed by atoms with E-state index in [0.717, 1.165) is 39.3 Å². The van der Waals surface area contributed by atoms with Crippen molar-refractivity contribution in [3.05, 3.63) is 0 Å². The number of rotatable bonds is 4. The Morgan fingerprint density at radius 2 is 2.12 bits per heavy atom. The van der Waals surface area contributed by atoms with Gasteiger partial charge >= 0.3 is 0 Å². The first-order valence-electron chi connectivity index (χ1n) is 6.45. The van der Waals surface area contributed by atoms with Gasteiger partial charge in [0.2, 0.25) is 5.91 Å². The number of carbonyl (C=O) groups is 1. The van der Waals surface area contributed by atoms with E-state index in [-0.39, 0.29) is 0 Å². The fraction of sp³-hybridized carbons (Fsp3) is 0.917. The van der Waals surface area contributed by atoms with E-state index in [1.807, 2.05) is 4.90 Å². The van der Waals surface area contributed by atoms with Crippen LogP contribution in [-0.4, -0.2) is 49.7 Å². The Labute approximate surface area is 97.3 Å². The van der Waals surface area contributed by atoms with Crippen LogP contribution in [0.2, 0.25) is 0 Å². The predicted octanol–water partition coefficient (Wildman–Crippen LogP) is 0.767. The van der Waals surface area contributed by atoms with Crippen LogP contribution in [0.5, 0.6) is 0 Å². The lowest BCUT2D eigenvalue weighted by molar-refractivity contribution is -0.130. The molecule has 0 aromatic heterocycles. The fourth-order valence-electron chi connectivity index (χ4n) is 2.41. The Balaban J connectivity index is 1.57. The van der Waals surface area contributed by atoms with Gasteiger partial charge in [-0.05, 0) is 25.7 Å². The molecular weight excluding hydrogens is 204 g/mol. The van der Waals surface area contributed by atoms with Crippen LogP contribution in [0.4, 0.5) is 0 Å². The third kappa shape index (κ3) is 3.46. The zero-order chi connectivity index (χ0) is 11.2. The first-order valence-corrected chi connectivity index (χ1v) is 6.45. The topological polar surface area (TPSA) is 41.6 Å². The molecule has 2 aliphatic heterocycles. The highest BCUT2D eigenvalue weighted by molar-refractivity contribution is 5.76. The molecular formula is C12H22N2O2. The van der Waals surface area contributed by atoms with Crippen LogP contribution in [0.1, 0.15) is 32.1 Å². The van der Waals surface area contributed by atoms with Gasteiger partial charge in [0, 0.05) is 38.7 Å². The lowest BCUT2D eigenvalue weighted by atomic mass is 10.1. The van der Waals surface area contributed by atoms with Crippen molar-refractivity contribution in [2.75, 3.05) is 32.8 Å². The van der Waals surface area contributed by atoms with Crippen molar-refractivity contribution in [3.63, 3.8) is 0 Å². The summed E-state index contributed by atoms with van der Waals surface area (Å²) in [6, 6.07) is 0.458. The number of nitrogens with zero attached hydrogens (tertiary/aromatic N) is 1. The third-order valence-electron chi connectivity index (χ3n) is 3.39. The zero-order valence-electron chi connectivity index (χ0n) is 9.91. The van der Waals surface area contributed by atoms with E-state index in [2.05, 4.69) is 5.32 Å². The van der Waals surface area contributed by atoms with Crippen LogP contribution in [0, 0.1) is 0 Å². The number of hydrogen-bond acceptors (Lipinski definition) is 3. The SMILES string of the molecule is O=C(CCNC1CCCOC1)N1CCCC1. The largest absolute Gasteiger partial charge is 0.380 e. The molecule has 1 amide bonds. The van der Waals surface area contributed by atoms with Gasteiger partial charge < -0.3 is 15.0 Å². The van der Waals surface area contributed by atoms with Gasteiger partial charge in [0.15, 0.2) is 0 Å². The van der Waals surface area contributed by atoms with E-state index in [0.29, 0.717) is 18.4 Å². The van der Waals surface area contributed by atoms with Crippen LogP contribution in [0.25, 0.3) is 0 Å². The van der Waals surface area contributed by atoms with Crippen LogP contribution in [0.3, 0.4) is 0 Å². The summed E-state index contributed by atoms with van der Waals surface area (Å²) in [6.45, 7) is 4.42. The van der Waals surface area contributed by atoms with Gasteiger partial charge in [-0.3, -0.25) is 4.79 Å². The van der Waals surface area contributed by atoms with Gasteiger partial charge in [0.1, 0.15) is 0 Å². The maximum absolute atomic E-state index is 11.7. The van der Waals surface area contributed by atoms with Gasteiger partial charge in [0.05, 0.1) is 6.61 Å². The first kappa shape index (κ1) is 11.9. The summed E-state index contributed by atoms with van der Waals surface area (Å²) >= 11 is 0. The number of hydrogen-bond donors (Lipinski definition) is 1. The third-order valence-corrected chi connectivity index (χ3v) is 3.39. The zero-order valence-corrected chi connectivity index (χ0v) is 9.91. The van der Waals surface area contributed by atoms with E-state index in [1.54, 1.807) is 0 Å². The number of amides is 1. The quantitative estimate of drug-likeness (QED) is 0.770. The standard InChI is InChI=1S/C12H22N2O2/c15-12(14-7-1-2-8-14)5-6-13-11-4-3-9-16-10-11/h11,13H,1-10H2. The number of likely N-dealkylation sites (tertiary alicyclic amines) is 1. The molecule has 2 heterocycles. The molecule has 0 spiro atoms. The Morgan fingerprint density at radius 1 is 1.31 bits per heavy atom. The van der Waals surface area contributed by atoms with E-state index >= 15 is 0 Å². The predicted molar refractivity (Wildman–Crippen MR) is 62.3 cm³/mol. The Morgan fingerprint density at radius 3 is 2.81 bits per heavy atom. The van der Waals surface area contributed by atoms with Crippen molar-refractivity contribution in [3.8, 4) is 0 Å². The molecule has 0 bridgehead atoms. The molecule has 2 saturated heterocycles. The minimum absolute atomic E-state index is 0.307. The maximum atomic E-state index is 11.7. The average molecular weight is 226 g/mol. The van der Waals surface area contributed by atoms with Crippen molar-refractivity contribution < 1.29 is 9.53 Å². The molecule has 0 saturated carbocycles. The molecule has 4 nitrogen and oxygen atoms in total. The smallest absolute Gasteiger partial charge is 0.223 e. The molecule has 1 N–H and O–H groups in total. The molecule has 0 radical (unpaired) electrons. The fourth-order valence-corrected chi connectivity index (χ4v) is 2.41.